The molecule has 20 heavy (non-hydrogen) atoms. The van der Waals surface area contributed by atoms with Gasteiger partial charge in [-0.25, -0.2) is 4.39 Å². The maximum absolute atomic E-state index is 13.3. The Kier molecular flexibility index (Phi) is 4.99. The van der Waals surface area contributed by atoms with Gasteiger partial charge in [0.25, 0.3) is 5.69 Å². The van der Waals surface area contributed by atoms with E-state index in [1.165, 1.54) is 37.8 Å². The zero-order chi connectivity index (χ0) is 14.6. The van der Waals surface area contributed by atoms with Crippen LogP contribution in [0.2, 0.25) is 0 Å². The van der Waals surface area contributed by atoms with Gasteiger partial charge in [-0.05, 0) is 30.7 Å². The Balaban J connectivity index is 1.95. The summed E-state index contributed by atoms with van der Waals surface area (Å²) in [6.45, 7) is 1.32. The molecule has 6 heteroatoms. The molecule has 0 amide bonds. The molecule has 4 nitrogen and oxygen atoms in total. The summed E-state index contributed by atoms with van der Waals surface area (Å²) in [5.41, 5.74) is 0.424. The molecular weight excluding hydrogens is 279 g/mol. The van der Waals surface area contributed by atoms with Crippen molar-refractivity contribution in [2.24, 2.45) is 0 Å². The molecule has 2 rings (SSSR count). The first-order valence-electron chi connectivity index (χ1n) is 6.74. The van der Waals surface area contributed by atoms with E-state index in [1.54, 1.807) is 0 Å². The largest absolute Gasteiger partial charge is 0.311 e. The number of thioether (sulfide) groups is 1. The standard InChI is InChI=1S/C14H19FN2O2S/c1-20-14(4-2-3-5-14)10-16-9-11-6-12(15)8-13(7-11)17(18)19/h6-8,16H,2-5,9-10H2,1H3. The third-order valence-electron chi connectivity index (χ3n) is 3.88. The van der Waals surface area contributed by atoms with Gasteiger partial charge < -0.3 is 5.32 Å². The number of nitro groups is 1. The zero-order valence-corrected chi connectivity index (χ0v) is 12.3. The third kappa shape index (κ3) is 3.70. The van der Waals surface area contributed by atoms with Crippen molar-refractivity contribution in [3.05, 3.63) is 39.7 Å². The second-order valence-corrected chi connectivity index (χ2v) is 6.55. The van der Waals surface area contributed by atoms with Crippen LogP contribution in [0.3, 0.4) is 0 Å². The summed E-state index contributed by atoms with van der Waals surface area (Å²) < 4.78 is 13.6. The lowest BCUT2D eigenvalue weighted by Crippen LogP contribution is -2.34. The minimum Gasteiger partial charge on any atom is -0.311 e. The summed E-state index contributed by atoms with van der Waals surface area (Å²) in [7, 11) is 0. The molecule has 0 unspecified atom stereocenters. The zero-order valence-electron chi connectivity index (χ0n) is 11.5. The van der Waals surface area contributed by atoms with Crippen LogP contribution in [0.15, 0.2) is 18.2 Å². The summed E-state index contributed by atoms with van der Waals surface area (Å²) >= 11 is 1.88. The average Bonchev–Trinajstić information content (AvgIpc) is 2.87. The SMILES string of the molecule is CSC1(CNCc2cc(F)cc([N+](=O)[O-])c2)CCCC1. The molecule has 1 saturated carbocycles. The Morgan fingerprint density at radius 3 is 2.70 bits per heavy atom. The highest BCUT2D eigenvalue weighted by Crippen LogP contribution is 2.39. The summed E-state index contributed by atoms with van der Waals surface area (Å²) in [5.74, 6) is -0.559. The number of non-ortho nitro benzene ring substituents is 1. The Labute approximate surface area is 122 Å². The molecule has 0 atom stereocenters. The number of hydrogen-bond donors (Lipinski definition) is 1. The normalized spacial score (nSPS) is 17.3. The minimum atomic E-state index is -0.563. The average molecular weight is 298 g/mol. The minimum absolute atomic E-state index is 0.192. The van der Waals surface area contributed by atoms with Gasteiger partial charge in [0.15, 0.2) is 0 Å². The van der Waals surface area contributed by atoms with Gasteiger partial charge in [0.2, 0.25) is 0 Å². The highest BCUT2D eigenvalue weighted by Gasteiger charge is 2.32. The first kappa shape index (κ1) is 15.3. The summed E-state index contributed by atoms with van der Waals surface area (Å²) in [6.07, 6.45) is 7.04. The van der Waals surface area contributed by atoms with E-state index < -0.39 is 10.7 Å². The number of nitrogens with zero attached hydrogens (tertiary/aromatic N) is 1. The Morgan fingerprint density at radius 1 is 1.40 bits per heavy atom. The van der Waals surface area contributed by atoms with Crippen LogP contribution in [-0.4, -0.2) is 22.5 Å². The van der Waals surface area contributed by atoms with Gasteiger partial charge in [-0.3, -0.25) is 10.1 Å². The first-order chi connectivity index (χ1) is 9.54. The smallest absolute Gasteiger partial charge is 0.272 e. The fourth-order valence-corrected chi connectivity index (χ4v) is 3.69. The van der Waals surface area contributed by atoms with Crippen molar-refractivity contribution in [2.45, 2.75) is 37.0 Å². The van der Waals surface area contributed by atoms with Crippen LogP contribution in [0, 0.1) is 15.9 Å². The number of rotatable bonds is 6. The molecule has 1 aromatic carbocycles. The summed E-state index contributed by atoms with van der Waals surface area (Å²) in [5, 5.41) is 14.0. The summed E-state index contributed by atoms with van der Waals surface area (Å²) in [6, 6.07) is 3.72. The molecule has 0 aromatic heterocycles. The van der Waals surface area contributed by atoms with Crippen molar-refractivity contribution >= 4 is 17.4 Å². The van der Waals surface area contributed by atoms with E-state index >= 15 is 0 Å². The molecule has 1 aromatic rings. The van der Waals surface area contributed by atoms with Crippen LogP contribution >= 0.6 is 11.8 Å². The van der Waals surface area contributed by atoms with Crippen LogP contribution in [0.25, 0.3) is 0 Å². The van der Waals surface area contributed by atoms with Crippen molar-refractivity contribution in [1.29, 1.82) is 0 Å². The number of nitro benzene ring substituents is 1. The molecule has 1 fully saturated rings. The molecule has 0 bridgehead atoms. The lowest BCUT2D eigenvalue weighted by atomic mass is 10.1. The maximum Gasteiger partial charge on any atom is 0.272 e. The van der Waals surface area contributed by atoms with Gasteiger partial charge in [-0.2, -0.15) is 11.8 Å². The lowest BCUT2D eigenvalue weighted by Gasteiger charge is -2.27. The van der Waals surface area contributed by atoms with Crippen molar-refractivity contribution in [3.8, 4) is 0 Å². The predicted molar refractivity (Wildman–Crippen MR) is 79.5 cm³/mol. The fourth-order valence-electron chi connectivity index (χ4n) is 2.75. The van der Waals surface area contributed by atoms with Crippen molar-refractivity contribution in [1.82, 2.24) is 5.32 Å². The lowest BCUT2D eigenvalue weighted by molar-refractivity contribution is -0.385. The first-order valence-corrected chi connectivity index (χ1v) is 7.97. The second kappa shape index (κ2) is 6.54. The van der Waals surface area contributed by atoms with Gasteiger partial charge in [-0.15, -0.1) is 0 Å². The van der Waals surface area contributed by atoms with Crippen LogP contribution in [0.1, 0.15) is 31.2 Å². The monoisotopic (exact) mass is 298 g/mol. The van der Waals surface area contributed by atoms with E-state index in [2.05, 4.69) is 11.6 Å². The molecular formula is C14H19FN2O2S. The van der Waals surface area contributed by atoms with Crippen molar-refractivity contribution in [2.75, 3.05) is 12.8 Å². The van der Waals surface area contributed by atoms with E-state index in [4.69, 9.17) is 0 Å². The molecule has 1 aliphatic carbocycles. The maximum atomic E-state index is 13.3. The Bertz CT molecular complexity index is 490. The van der Waals surface area contributed by atoms with Crippen LogP contribution in [-0.2, 0) is 6.54 Å². The number of nitrogens with one attached hydrogen (secondary N) is 1. The summed E-state index contributed by atoms with van der Waals surface area (Å²) in [4.78, 5) is 10.1. The molecule has 0 radical (unpaired) electrons. The molecule has 0 saturated heterocycles. The topological polar surface area (TPSA) is 55.2 Å². The van der Waals surface area contributed by atoms with Crippen LogP contribution < -0.4 is 5.32 Å². The van der Waals surface area contributed by atoms with E-state index in [0.29, 0.717) is 12.1 Å². The van der Waals surface area contributed by atoms with Gasteiger partial charge in [0.1, 0.15) is 5.82 Å². The van der Waals surface area contributed by atoms with E-state index in [9.17, 15) is 14.5 Å². The van der Waals surface area contributed by atoms with E-state index in [1.807, 2.05) is 11.8 Å². The molecule has 0 spiro atoms. The van der Waals surface area contributed by atoms with Crippen molar-refractivity contribution < 1.29 is 9.31 Å². The van der Waals surface area contributed by atoms with Crippen LogP contribution in [0.4, 0.5) is 10.1 Å². The van der Waals surface area contributed by atoms with Gasteiger partial charge >= 0.3 is 0 Å². The Hall–Kier alpha value is -1.14. The molecule has 0 heterocycles. The van der Waals surface area contributed by atoms with Gasteiger partial charge in [0, 0.05) is 23.9 Å². The third-order valence-corrected chi connectivity index (χ3v) is 5.30. The Morgan fingerprint density at radius 2 is 2.10 bits per heavy atom. The van der Waals surface area contributed by atoms with Crippen molar-refractivity contribution in [3.63, 3.8) is 0 Å². The number of benzene rings is 1. The van der Waals surface area contributed by atoms with Gasteiger partial charge in [0.05, 0.1) is 11.0 Å². The molecule has 110 valence electrons. The predicted octanol–water partition coefficient (Wildman–Crippen LogP) is 3.50. The molecule has 1 aliphatic rings. The van der Waals surface area contributed by atoms with Gasteiger partial charge in [-0.1, -0.05) is 12.8 Å². The quantitative estimate of drug-likeness (QED) is 0.645. The molecule has 0 aliphatic heterocycles. The number of halogens is 1. The van der Waals surface area contributed by atoms with Crippen LogP contribution in [0.5, 0.6) is 0 Å². The fraction of sp³-hybridized carbons (Fsp3) is 0.571. The molecule has 1 N–H and O–H groups in total. The highest BCUT2D eigenvalue weighted by atomic mass is 32.2. The number of hydrogen-bond acceptors (Lipinski definition) is 4. The van der Waals surface area contributed by atoms with E-state index in [0.717, 1.165) is 12.6 Å². The second-order valence-electron chi connectivity index (χ2n) is 5.27. The van der Waals surface area contributed by atoms with E-state index in [-0.39, 0.29) is 10.4 Å². The highest BCUT2D eigenvalue weighted by molar-refractivity contribution is 8.00.